The molecule has 0 aromatic rings. The van der Waals surface area contributed by atoms with Gasteiger partial charge in [-0.05, 0) is 30.6 Å². The Hall–Kier alpha value is -0.480. The highest BCUT2D eigenvalue weighted by Crippen LogP contribution is 2.52. The van der Waals surface area contributed by atoms with Gasteiger partial charge in [-0.25, -0.2) is 0 Å². The summed E-state index contributed by atoms with van der Waals surface area (Å²) in [4.78, 5) is 0. The molecule has 1 fully saturated rings. The lowest BCUT2D eigenvalue weighted by Gasteiger charge is -1.96. The largest absolute Gasteiger partial charge is 0.384 e. The van der Waals surface area contributed by atoms with E-state index in [1.807, 2.05) is 7.11 Å². The Morgan fingerprint density at radius 2 is 1.75 bits per heavy atom. The van der Waals surface area contributed by atoms with Gasteiger partial charge in [-0.1, -0.05) is 0 Å². The molecule has 2 aliphatic rings. The molecule has 0 radical (unpaired) electrons. The molecule has 0 N–H and O–H groups in total. The third-order valence-electron chi connectivity index (χ3n) is 3.20. The van der Waals surface area contributed by atoms with Gasteiger partial charge < -0.3 is 4.74 Å². The predicted octanol–water partition coefficient (Wildman–Crippen LogP) is 2.07. The highest BCUT2D eigenvalue weighted by atomic mass is 16.5. The molecule has 1 heteroatoms. The standard InChI is InChI=1S/C11H16O/c1-12-8-11-9-6-4-2-3-5-7-10(9)11/h9-11H,4-8H2,1H3/t9-,10?,11?/m0/s1. The Labute approximate surface area is 74.5 Å². The summed E-state index contributed by atoms with van der Waals surface area (Å²) in [5.41, 5.74) is 0. The van der Waals surface area contributed by atoms with E-state index in [2.05, 4.69) is 11.8 Å². The summed E-state index contributed by atoms with van der Waals surface area (Å²) in [5.74, 6) is 9.18. The van der Waals surface area contributed by atoms with Gasteiger partial charge in [0.25, 0.3) is 0 Å². The van der Waals surface area contributed by atoms with Crippen molar-refractivity contribution in [2.45, 2.75) is 25.7 Å². The topological polar surface area (TPSA) is 9.23 Å². The lowest BCUT2D eigenvalue weighted by atomic mass is 10.1. The average Bonchev–Trinajstić information content (AvgIpc) is 2.61. The lowest BCUT2D eigenvalue weighted by molar-refractivity contribution is 0.177. The molecule has 3 atom stereocenters. The van der Waals surface area contributed by atoms with Crippen LogP contribution in [0.3, 0.4) is 0 Å². The maximum absolute atomic E-state index is 5.20. The molecule has 0 spiro atoms. The number of ether oxygens (including phenoxy) is 1. The smallest absolute Gasteiger partial charge is 0.0496 e. The fraction of sp³-hybridized carbons (Fsp3) is 0.818. The first-order valence-corrected chi connectivity index (χ1v) is 4.88. The van der Waals surface area contributed by atoms with E-state index in [0.717, 1.165) is 37.2 Å². The Kier molecular flexibility index (Phi) is 2.37. The number of rotatable bonds is 2. The van der Waals surface area contributed by atoms with E-state index < -0.39 is 0 Å². The summed E-state index contributed by atoms with van der Waals surface area (Å²) < 4.78 is 5.20. The second-order valence-corrected chi connectivity index (χ2v) is 3.88. The lowest BCUT2D eigenvalue weighted by Crippen LogP contribution is -1.93. The van der Waals surface area contributed by atoms with Gasteiger partial charge in [0, 0.05) is 26.6 Å². The highest BCUT2D eigenvalue weighted by molar-refractivity contribution is 5.07. The van der Waals surface area contributed by atoms with Crippen LogP contribution in [-0.2, 0) is 4.74 Å². The molecule has 12 heavy (non-hydrogen) atoms. The summed E-state index contributed by atoms with van der Waals surface area (Å²) in [6, 6.07) is 0. The summed E-state index contributed by atoms with van der Waals surface area (Å²) in [6.07, 6.45) is 4.85. The zero-order chi connectivity index (χ0) is 8.39. The van der Waals surface area contributed by atoms with Gasteiger partial charge in [-0.15, -0.1) is 11.8 Å². The molecule has 1 saturated carbocycles. The van der Waals surface area contributed by atoms with Crippen LogP contribution in [0.2, 0.25) is 0 Å². The maximum Gasteiger partial charge on any atom is 0.0496 e. The molecule has 0 aromatic carbocycles. The second kappa shape index (κ2) is 3.49. The predicted molar refractivity (Wildman–Crippen MR) is 48.6 cm³/mol. The molecule has 2 aliphatic carbocycles. The minimum atomic E-state index is 0.858. The highest BCUT2D eigenvalue weighted by Gasteiger charge is 2.48. The van der Waals surface area contributed by atoms with Crippen LogP contribution >= 0.6 is 0 Å². The quantitative estimate of drug-likeness (QED) is 0.568. The van der Waals surface area contributed by atoms with E-state index >= 15 is 0 Å². The molecule has 66 valence electrons. The fourth-order valence-corrected chi connectivity index (χ4v) is 2.47. The molecule has 0 saturated heterocycles. The Morgan fingerprint density at radius 3 is 2.25 bits per heavy atom. The molecule has 1 nitrogen and oxygen atoms in total. The van der Waals surface area contributed by atoms with Crippen molar-refractivity contribution in [2.75, 3.05) is 13.7 Å². The van der Waals surface area contributed by atoms with Gasteiger partial charge in [0.2, 0.25) is 0 Å². The van der Waals surface area contributed by atoms with Crippen LogP contribution < -0.4 is 0 Å². The zero-order valence-electron chi connectivity index (χ0n) is 7.68. The van der Waals surface area contributed by atoms with Crippen LogP contribution in [0.1, 0.15) is 25.7 Å². The van der Waals surface area contributed by atoms with Crippen molar-refractivity contribution in [3.63, 3.8) is 0 Å². The molecule has 0 heterocycles. The minimum absolute atomic E-state index is 0.858. The van der Waals surface area contributed by atoms with E-state index in [-0.39, 0.29) is 0 Å². The number of fused-ring (bicyclic) bond motifs is 1. The molecule has 2 unspecified atom stereocenters. The van der Waals surface area contributed by atoms with Gasteiger partial charge in [-0.2, -0.15) is 0 Å². The monoisotopic (exact) mass is 164 g/mol. The van der Waals surface area contributed by atoms with Gasteiger partial charge in [0.15, 0.2) is 0 Å². The van der Waals surface area contributed by atoms with Crippen LogP contribution in [0.15, 0.2) is 0 Å². The first-order valence-electron chi connectivity index (χ1n) is 4.88. The molecule has 0 bridgehead atoms. The van der Waals surface area contributed by atoms with Gasteiger partial charge in [-0.3, -0.25) is 0 Å². The SMILES string of the molecule is COCC1C2CCC#CCC[C@@H]21. The van der Waals surface area contributed by atoms with Crippen LogP contribution in [0, 0.1) is 29.6 Å². The van der Waals surface area contributed by atoms with Gasteiger partial charge >= 0.3 is 0 Å². The van der Waals surface area contributed by atoms with Crippen LogP contribution in [0.4, 0.5) is 0 Å². The van der Waals surface area contributed by atoms with E-state index in [1.165, 1.54) is 12.8 Å². The van der Waals surface area contributed by atoms with Gasteiger partial charge in [0.05, 0.1) is 0 Å². The first kappa shape index (κ1) is 8.13. The third kappa shape index (κ3) is 1.49. The third-order valence-corrected chi connectivity index (χ3v) is 3.20. The van der Waals surface area contributed by atoms with Crippen molar-refractivity contribution in [3.05, 3.63) is 0 Å². The van der Waals surface area contributed by atoms with Crippen molar-refractivity contribution in [3.8, 4) is 11.8 Å². The average molecular weight is 164 g/mol. The van der Waals surface area contributed by atoms with Crippen molar-refractivity contribution in [1.29, 1.82) is 0 Å². The molecule has 0 aromatic heterocycles. The van der Waals surface area contributed by atoms with Crippen LogP contribution in [0.25, 0.3) is 0 Å². The number of methoxy groups -OCH3 is 1. The van der Waals surface area contributed by atoms with Crippen molar-refractivity contribution in [2.24, 2.45) is 17.8 Å². The van der Waals surface area contributed by atoms with Gasteiger partial charge in [0.1, 0.15) is 0 Å². The Morgan fingerprint density at radius 1 is 1.17 bits per heavy atom. The fourth-order valence-electron chi connectivity index (χ4n) is 2.47. The normalized spacial score (nSPS) is 38.6. The van der Waals surface area contributed by atoms with Crippen LogP contribution in [-0.4, -0.2) is 13.7 Å². The number of hydrogen-bond donors (Lipinski definition) is 0. The summed E-state index contributed by atoms with van der Waals surface area (Å²) in [6.45, 7) is 0.968. The second-order valence-electron chi connectivity index (χ2n) is 3.88. The van der Waals surface area contributed by atoms with Crippen LogP contribution in [0.5, 0.6) is 0 Å². The molecule has 2 rings (SSSR count). The van der Waals surface area contributed by atoms with E-state index in [0.29, 0.717) is 0 Å². The van der Waals surface area contributed by atoms with E-state index in [9.17, 15) is 0 Å². The minimum Gasteiger partial charge on any atom is -0.384 e. The Balaban J connectivity index is 1.87. The first-order chi connectivity index (χ1) is 5.93. The maximum atomic E-state index is 5.20. The van der Waals surface area contributed by atoms with Crippen molar-refractivity contribution >= 4 is 0 Å². The summed E-state index contributed by atoms with van der Waals surface area (Å²) >= 11 is 0. The molecule has 0 amide bonds. The zero-order valence-corrected chi connectivity index (χ0v) is 7.68. The molecular formula is C11H16O. The summed E-state index contributed by atoms with van der Waals surface area (Å²) in [7, 11) is 1.81. The number of hydrogen-bond acceptors (Lipinski definition) is 1. The summed E-state index contributed by atoms with van der Waals surface area (Å²) in [5, 5.41) is 0. The van der Waals surface area contributed by atoms with E-state index in [1.54, 1.807) is 0 Å². The van der Waals surface area contributed by atoms with Crippen molar-refractivity contribution < 1.29 is 4.74 Å². The molecule has 0 aliphatic heterocycles. The Bertz CT molecular complexity index is 193. The van der Waals surface area contributed by atoms with Crippen molar-refractivity contribution in [1.82, 2.24) is 0 Å². The van der Waals surface area contributed by atoms with E-state index in [4.69, 9.17) is 4.74 Å². The molecular weight excluding hydrogens is 148 g/mol.